The van der Waals surface area contributed by atoms with Crippen molar-refractivity contribution in [1.82, 2.24) is 9.55 Å². The minimum Gasteiger partial charge on any atom is -0.321 e. The fourth-order valence-corrected chi connectivity index (χ4v) is 4.65. The fraction of sp³-hybridized carbons (Fsp3) is 0.167. The molecule has 0 aliphatic carbocycles. The summed E-state index contributed by atoms with van der Waals surface area (Å²) in [4.78, 5) is 10.2. The normalized spacial score (nSPS) is 11.7. The van der Waals surface area contributed by atoms with E-state index in [0.29, 0.717) is 11.4 Å². The Balaban J connectivity index is 2.10. The number of aliphatic imine (C=N–C) groups is 1. The molecular weight excluding hydrogens is 426 g/mol. The van der Waals surface area contributed by atoms with E-state index in [1.807, 2.05) is 11.6 Å². The molecule has 5 nitrogen and oxygen atoms in total. The number of hydrogen-bond acceptors (Lipinski definition) is 5. The second kappa shape index (κ2) is 9.49. The topological polar surface area (TPSA) is 64.3 Å². The number of aryl methyl sites for hydroxylation is 1. The van der Waals surface area contributed by atoms with Crippen LogP contribution >= 0.6 is 11.8 Å². The van der Waals surface area contributed by atoms with Crippen LogP contribution in [-0.4, -0.2) is 30.4 Å². The molecule has 7 heteroatoms. The molecule has 1 aromatic heterocycles. The predicted molar refractivity (Wildman–Crippen MR) is 129 cm³/mol. The number of nitrogens with zero attached hydrogens (tertiary/aromatic N) is 3. The highest BCUT2D eigenvalue weighted by Gasteiger charge is 2.19. The lowest BCUT2D eigenvalue weighted by atomic mass is 10.2. The molecule has 2 aromatic carbocycles. The van der Waals surface area contributed by atoms with E-state index in [1.165, 1.54) is 18.0 Å². The van der Waals surface area contributed by atoms with Gasteiger partial charge in [-0.3, -0.25) is 4.99 Å². The number of allylic oxidation sites excluding steroid dienone is 1. The first-order chi connectivity index (χ1) is 14.7. The Labute approximate surface area is 188 Å². The molecule has 3 rings (SSSR count). The van der Waals surface area contributed by atoms with Crippen molar-refractivity contribution in [2.45, 2.75) is 28.2 Å². The molecule has 0 aliphatic rings. The van der Waals surface area contributed by atoms with Crippen LogP contribution in [0.15, 0.2) is 87.7 Å². The maximum absolute atomic E-state index is 11.8. The second-order valence-electron chi connectivity index (χ2n) is 7.03. The molecule has 31 heavy (non-hydrogen) atoms. The summed E-state index contributed by atoms with van der Waals surface area (Å²) in [7, 11) is -1.33. The Morgan fingerprint density at radius 3 is 2.35 bits per heavy atom. The highest BCUT2D eigenvalue weighted by atomic mass is 32.2. The minimum atomic E-state index is -3.27. The Morgan fingerprint density at radius 1 is 1.16 bits per heavy atom. The van der Waals surface area contributed by atoms with Crippen LogP contribution in [-0.2, 0) is 23.3 Å². The van der Waals surface area contributed by atoms with Gasteiger partial charge in [0.15, 0.2) is 9.84 Å². The van der Waals surface area contributed by atoms with E-state index in [0.717, 1.165) is 27.6 Å². The maximum Gasteiger partial charge on any atom is 0.175 e. The largest absolute Gasteiger partial charge is 0.321 e. The van der Waals surface area contributed by atoms with Crippen molar-refractivity contribution in [2.75, 3.05) is 6.26 Å². The molecule has 0 radical (unpaired) electrons. The molecule has 0 atom stereocenters. The summed E-state index contributed by atoms with van der Waals surface area (Å²) in [5.41, 5.74) is 3.52. The summed E-state index contributed by atoms with van der Waals surface area (Å²) in [6.07, 6.45) is 5.26. The number of rotatable bonds is 8. The number of benzene rings is 2. The molecule has 0 N–H and O–H groups in total. The van der Waals surface area contributed by atoms with Crippen molar-refractivity contribution < 1.29 is 8.42 Å². The van der Waals surface area contributed by atoms with Crippen LogP contribution in [0.2, 0.25) is 0 Å². The van der Waals surface area contributed by atoms with Gasteiger partial charge >= 0.3 is 0 Å². The van der Waals surface area contributed by atoms with Crippen LogP contribution in [0.5, 0.6) is 0 Å². The van der Waals surface area contributed by atoms with Gasteiger partial charge in [-0.1, -0.05) is 56.1 Å². The van der Waals surface area contributed by atoms with E-state index < -0.39 is 9.84 Å². The van der Waals surface area contributed by atoms with Crippen molar-refractivity contribution in [1.29, 1.82) is 0 Å². The SMILES string of the molecule is C=CN=CC(=C)c1nc(-c2ccc(S(C)(=O)=O)cc2)c(Sc2ccc(CC)cc2)n1C. The van der Waals surface area contributed by atoms with Crippen LogP contribution in [0.1, 0.15) is 18.3 Å². The number of sulfone groups is 1. The summed E-state index contributed by atoms with van der Waals surface area (Å²) in [5, 5.41) is 0.930. The van der Waals surface area contributed by atoms with E-state index in [2.05, 4.69) is 49.3 Å². The Kier molecular flexibility index (Phi) is 6.97. The lowest BCUT2D eigenvalue weighted by Crippen LogP contribution is -1.98. The van der Waals surface area contributed by atoms with E-state index in [-0.39, 0.29) is 4.90 Å². The van der Waals surface area contributed by atoms with Crippen molar-refractivity contribution in [3.05, 3.63) is 79.3 Å². The van der Waals surface area contributed by atoms with Crippen molar-refractivity contribution in [3.8, 4) is 11.3 Å². The lowest BCUT2D eigenvalue weighted by Gasteiger charge is -2.08. The van der Waals surface area contributed by atoms with Crippen LogP contribution < -0.4 is 0 Å². The monoisotopic (exact) mass is 451 g/mol. The van der Waals surface area contributed by atoms with Gasteiger partial charge < -0.3 is 4.57 Å². The zero-order valence-electron chi connectivity index (χ0n) is 17.9. The van der Waals surface area contributed by atoms with Crippen molar-refractivity contribution in [3.63, 3.8) is 0 Å². The van der Waals surface area contributed by atoms with Crippen LogP contribution in [0, 0.1) is 0 Å². The highest BCUT2D eigenvalue weighted by Crippen LogP contribution is 2.37. The third-order valence-electron chi connectivity index (χ3n) is 4.77. The van der Waals surface area contributed by atoms with E-state index in [1.54, 1.807) is 42.2 Å². The average molecular weight is 452 g/mol. The van der Waals surface area contributed by atoms with Gasteiger partial charge in [0.1, 0.15) is 16.5 Å². The van der Waals surface area contributed by atoms with E-state index in [9.17, 15) is 8.42 Å². The van der Waals surface area contributed by atoms with Gasteiger partial charge in [-0.15, -0.1) is 0 Å². The molecule has 0 saturated carbocycles. The third-order valence-corrected chi connectivity index (χ3v) is 7.06. The van der Waals surface area contributed by atoms with Gasteiger partial charge in [-0.25, -0.2) is 13.4 Å². The first-order valence-electron chi connectivity index (χ1n) is 9.72. The van der Waals surface area contributed by atoms with Gasteiger partial charge in [-0.2, -0.15) is 0 Å². The van der Waals surface area contributed by atoms with Crippen molar-refractivity contribution in [2.24, 2.45) is 12.0 Å². The summed E-state index contributed by atoms with van der Waals surface area (Å²) in [5.74, 6) is 0.681. The molecular formula is C24H25N3O2S2. The molecule has 0 amide bonds. The van der Waals surface area contributed by atoms with Crippen LogP contribution in [0.3, 0.4) is 0 Å². The van der Waals surface area contributed by atoms with Gasteiger partial charge in [-0.05, 0) is 36.2 Å². The first-order valence-corrected chi connectivity index (χ1v) is 12.4. The molecule has 0 unspecified atom stereocenters. The second-order valence-corrected chi connectivity index (χ2v) is 10.1. The highest BCUT2D eigenvalue weighted by molar-refractivity contribution is 7.99. The number of imidazole rings is 1. The van der Waals surface area contributed by atoms with Crippen molar-refractivity contribution >= 4 is 33.4 Å². The molecule has 0 fully saturated rings. The third kappa shape index (κ3) is 5.24. The summed E-state index contributed by atoms with van der Waals surface area (Å²) in [6, 6.07) is 15.2. The Bertz CT molecular complexity index is 1240. The quantitative estimate of drug-likeness (QED) is 0.428. The van der Waals surface area contributed by atoms with Gasteiger partial charge in [0.25, 0.3) is 0 Å². The molecule has 3 aromatic rings. The Morgan fingerprint density at radius 2 is 1.81 bits per heavy atom. The average Bonchev–Trinajstić information content (AvgIpc) is 3.08. The smallest absolute Gasteiger partial charge is 0.175 e. The maximum atomic E-state index is 11.8. The zero-order chi connectivity index (χ0) is 22.6. The van der Waals surface area contributed by atoms with Crippen LogP contribution in [0.4, 0.5) is 0 Å². The summed E-state index contributed by atoms with van der Waals surface area (Å²) >= 11 is 1.60. The van der Waals surface area contributed by atoms with Gasteiger partial charge in [0.2, 0.25) is 0 Å². The molecule has 1 heterocycles. The molecule has 0 bridgehead atoms. The summed E-state index contributed by atoms with van der Waals surface area (Å²) in [6.45, 7) is 9.81. The summed E-state index contributed by atoms with van der Waals surface area (Å²) < 4.78 is 25.6. The molecule has 0 saturated heterocycles. The van der Waals surface area contributed by atoms with Gasteiger partial charge in [0.05, 0.1) is 4.90 Å². The molecule has 0 spiro atoms. The van der Waals surface area contributed by atoms with E-state index >= 15 is 0 Å². The molecule has 160 valence electrons. The zero-order valence-corrected chi connectivity index (χ0v) is 19.5. The minimum absolute atomic E-state index is 0.277. The first kappa shape index (κ1) is 22.8. The lowest BCUT2D eigenvalue weighted by molar-refractivity contribution is 0.602. The van der Waals surface area contributed by atoms with E-state index in [4.69, 9.17) is 4.98 Å². The predicted octanol–water partition coefficient (Wildman–Crippen LogP) is 5.43. The fourth-order valence-electron chi connectivity index (χ4n) is 3.04. The van der Waals surface area contributed by atoms with Gasteiger partial charge in [0, 0.05) is 41.8 Å². The standard InChI is InChI=1S/C24H25N3O2S2/c1-6-18-8-12-20(13-9-18)30-24-22(19-10-14-21(15-11-19)31(5,28)29)26-23(27(24)4)17(3)16-25-7-2/h7-16H,2-3,6H2,1,4-5H3. The number of aromatic nitrogens is 2. The number of hydrogen-bond donors (Lipinski definition) is 0. The Hall–Kier alpha value is -2.90. The van der Waals surface area contributed by atoms with Crippen LogP contribution in [0.25, 0.3) is 16.8 Å². The molecule has 0 aliphatic heterocycles.